The molecule has 3 rings (SSSR count). The Bertz CT molecular complexity index is 1080. The first-order chi connectivity index (χ1) is 14.8. The standard InChI is InChI=1S/C22H18F3N3O3/c1-28(12-19(29)27-18-7-6-17(23)20(24)21(18)25)22(30)15-2-4-16(5-3-15)31-13-14-8-10-26-11-9-14/h2-11H,12-13H2,1H3,(H,27,29). The van der Waals surface area contributed by atoms with E-state index in [0.717, 1.165) is 16.5 Å². The highest BCUT2D eigenvalue weighted by molar-refractivity contribution is 5.99. The summed E-state index contributed by atoms with van der Waals surface area (Å²) in [4.78, 5) is 29.6. The van der Waals surface area contributed by atoms with E-state index >= 15 is 0 Å². The number of halogens is 3. The average Bonchev–Trinajstić information content (AvgIpc) is 2.78. The first-order valence-corrected chi connectivity index (χ1v) is 9.15. The van der Waals surface area contributed by atoms with E-state index in [1.165, 1.54) is 7.05 Å². The van der Waals surface area contributed by atoms with E-state index in [9.17, 15) is 22.8 Å². The number of benzene rings is 2. The first kappa shape index (κ1) is 21.8. The second kappa shape index (κ2) is 9.75. The molecule has 1 N–H and O–H groups in total. The van der Waals surface area contributed by atoms with Crippen molar-refractivity contribution in [3.05, 3.63) is 89.5 Å². The highest BCUT2D eigenvalue weighted by atomic mass is 19.2. The summed E-state index contributed by atoms with van der Waals surface area (Å²) in [6.07, 6.45) is 3.32. The van der Waals surface area contributed by atoms with Crippen molar-refractivity contribution in [3.63, 3.8) is 0 Å². The summed E-state index contributed by atoms with van der Waals surface area (Å²) < 4.78 is 45.5. The number of amides is 2. The number of pyridine rings is 1. The van der Waals surface area contributed by atoms with Crippen molar-refractivity contribution in [1.82, 2.24) is 9.88 Å². The number of anilines is 1. The molecule has 2 amide bonds. The van der Waals surface area contributed by atoms with Crippen LogP contribution in [0.2, 0.25) is 0 Å². The van der Waals surface area contributed by atoms with Crippen LogP contribution >= 0.6 is 0 Å². The van der Waals surface area contributed by atoms with E-state index in [0.29, 0.717) is 24.0 Å². The molecule has 0 saturated carbocycles. The molecular weight excluding hydrogens is 411 g/mol. The van der Waals surface area contributed by atoms with Crippen LogP contribution in [0, 0.1) is 17.5 Å². The number of carbonyl (C=O) groups is 2. The summed E-state index contributed by atoms with van der Waals surface area (Å²) in [5, 5.41) is 2.12. The summed E-state index contributed by atoms with van der Waals surface area (Å²) in [5.41, 5.74) is 0.740. The topological polar surface area (TPSA) is 71.5 Å². The van der Waals surface area contributed by atoms with Gasteiger partial charge in [-0.2, -0.15) is 0 Å². The van der Waals surface area contributed by atoms with Crippen LogP contribution < -0.4 is 10.1 Å². The lowest BCUT2D eigenvalue weighted by atomic mass is 10.2. The van der Waals surface area contributed by atoms with Crippen LogP contribution in [0.5, 0.6) is 5.75 Å². The molecule has 6 nitrogen and oxygen atoms in total. The van der Waals surface area contributed by atoms with Gasteiger partial charge in [0.15, 0.2) is 17.5 Å². The largest absolute Gasteiger partial charge is 0.489 e. The van der Waals surface area contributed by atoms with Crippen molar-refractivity contribution in [3.8, 4) is 5.75 Å². The Morgan fingerprint density at radius 2 is 1.65 bits per heavy atom. The van der Waals surface area contributed by atoms with Crippen molar-refractivity contribution in [2.24, 2.45) is 0 Å². The third kappa shape index (κ3) is 5.59. The number of ether oxygens (including phenoxy) is 1. The van der Waals surface area contributed by atoms with E-state index in [-0.39, 0.29) is 0 Å². The van der Waals surface area contributed by atoms with Crippen LogP contribution in [-0.4, -0.2) is 35.3 Å². The Kier molecular flexibility index (Phi) is 6.86. The zero-order chi connectivity index (χ0) is 22.4. The van der Waals surface area contributed by atoms with Gasteiger partial charge in [0.1, 0.15) is 12.4 Å². The van der Waals surface area contributed by atoms with Crippen LogP contribution in [0.25, 0.3) is 0 Å². The molecule has 0 aliphatic carbocycles. The minimum atomic E-state index is -1.69. The highest BCUT2D eigenvalue weighted by Gasteiger charge is 2.18. The normalized spacial score (nSPS) is 10.5. The molecule has 160 valence electrons. The zero-order valence-electron chi connectivity index (χ0n) is 16.4. The summed E-state index contributed by atoms with van der Waals surface area (Å²) in [6, 6.07) is 11.6. The van der Waals surface area contributed by atoms with Crippen molar-refractivity contribution < 1.29 is 27.5 Å². The Hall–Kier alpha value is -3.88. The number of likely N-dealkylation sites (N-methyl/N-ethyl adjacent to an activating group) is 1. The predicted octanol–water partition coefficient (Wildman–Crippen LogP) is 3.79. The Morgan fingerprint density at radius 3 is 2.32 bits per heavy atom. The molecule has 0 fully saturated rings. The van der Waals surface area contributed by atoms with Crippen LogP contribution in [0.1, 0.15) is 15.9 Å². The van der Waals surface area contributed by atoms with Crippen molar-refractivity contribution in [1.29, 1.82) is 0 Å². The molecule has 0 aliphatic heterocycles. The quantitative estimate of drug-likeness (QED) is 0.580. The van der Waals surface area contributed by atoms with Crippen molar-refractivity contribution >= 4 is 17.5 Å². The molecule has 0 unspecified atom stereocenters. The summed E-state index contributed by atoms with van der Waals surface area (Å²) in [5.74, 6) is -5.23. The van der Waals surface area contributed by atoms with Gasteiger partial charge in [-0.25, -0.2) is 13.2 Å². The number of carbonyl (C=O) groups excluding carboxylic acids is 2. The van der Waals surface area contributed by atoms with Crippen LogP contribution in [0.3, 0.4) is 0 Å². The Balaban J connectivity index is 1.55. The number of rotatable bonds is 7. The van der Waals surface area contributed by atoms with Gasteiger partial charge in [-0.05, 0) is 54.1 Å². The molecule has 0 spiro atoms. The molecule has 0 saturated heterocycles. The summed E-state index contributed by atoms with van der Waals surface area (Å²) in [7, 11) is 1.39. The molecule has 0 bridgehead atoms. The number of aromatic nitrogens is 1. The van der Waals surface area contributed by atoms with E-state index in [4.69, 9.17) is 4.74 Å². The molecule has 1 aromatic heterocycles. The van der Waals surface area contributed by atoms with Gasteiger partial charge in [0.2, 0.25) is 5.91 Å². The average molecular weight is 429 g/mol. The number of hydrogen-bond acceptors (Lipinski definition) is 4. The lowest BCUT2D eigenvalue weighted by Crippen LogP contribution is -2.35. The molecule has 1 heterocycles. The monoisotopic (exact) mass is 429 g/mol. The van der Waals surface area contributed by atoms with Gasteiger partial charge in [0, 0.05) is 25.0 Å². The zero-order valence-corrected chi connectivity index (χ0v) is 16.4. The van der Waals surface area contributed by atoms with E-state index < -0.39 is 41.5 Å². The fourth-order valence-electron chi connectivity index (χ4n) is 2.66. The van der Waals surface area contributed by atoms with Gasteiger partial charge in [-0.15, -0.1) is 0 Å². The lowest BCUT2D eigenvalue weighted by molar-refractivity contribution is -0.116. The molecule has 3 aromatic rings. The second-order valence-corrected chi connectivity index (χ2v) is 6.60. The van der Waals surface area contributed by atoms with E-state index in [2.05, 4.69) is 10.3 Å². The number of hydrogen-bond donors (Lipinski definition) is 1. The maximum absolute atomic E-state index is 13.7. The van der Waals surface area contributed by atoms with Crippen molar-refractivity contribution in [2.75, 3.05) is 18.9 Å². The molecule has 31 heavy (non-hydrogen) atoms. The Labute approximate surface area is 176 Å². The van der Waals surface area contributed by atoms with E-state index in [1.54, 1.807) is 36.7 Å². The van der Waals surface area contributed by atoms with Gasteiger partial charge in [-0.1, -0.05) is 0 Å². The third-order valence-electron chi connectivity index (χ3n) is 4.29. The Morgan fingerprint density at radius 1 is 0.968 bits per heavy atom. The number of nitrogens with zero attached hydrogens (tertiary/aromatic N) is 2. The van der Waals surface area contributed by atoms with Gasteiger partial charge < -0.3 is 15.0 Å². The fourth-order valence-corrected chi connectivity index (χ4v) is 2.66. The second-order valence-electron chi connectivity index (χ2n) is 6.60. The lowest BCUT2D eigenvalue weighted by Gasteiger charge is -2.17. The molecular formula is C22H18F3N3O3. The van der Waals surface area contributed by atoms with Crippen LogP contribution in [-0.2, 0) is 11.4 Å². The minimum absolute atomic E-state index is 0.311. The maximum atomic E-state index is 13.7. The molecule has 0 radical (unpaired) electrons. The molecule has 9 heteroatoms. The van der Waals surface area contributed by atoms with Crippen LogP contribution in [0.15, 0.2) is 60.9 Å². The molecule has 0 atom stereocenters. The van der Waals surface area contributed by atoms with E-state index in [1.807, 2.05) is 12.1 Å². The first-order valence-electron chi connectivity index (χ1n) is 9.15. The third-order valence-corrected chi connectivity index (χ3v) is 4.29. The van der Waals surface area contributed by atoms with Gasteiger partial charge in [-0.3, -0.25) is 14.6 Å². The van der Waals surface area contributed by atoms with Gasteiger partial charge >= 0.3 is 0 Å². The van der Waals surface area contributed by atoms with Gasteiger partial charge in [0.05, 0.1) is 12.2 Å². The predicted molar refractivity (Wildman–Crippen MR) is 107 cm³/mol. The summed E-state index contributed by atoms with van der Waals surface area (Å²) >= 11 is 0. The smallest absolute Gasteiger partial charge is 0.254 e. The number of nitrogens with one attached hydrogen (secondary N) is 1. The molecule has 2 aromatic carbocycles. The summed E-state index contributed by atoms with van der Waals surface area (Å²) in [6.45, 7) is -0.0754. The minimum Gasteiger partial charge on any atom is -0.489 e. The highest BCUT2D eigenvalue weighted by Crippen LogP contribution is 2.20. The molecule has 0 aliphatic rings. The fraction of sp³-hybridized carbons (Fsp3) is 0.136. The maximum Gasteiger partial charge on any atom is 0.254 e. The van der Waals surface area contributed by atoms with Crippen LogP contribution in [0.4, 0.5) is 18.9 Å². The van der Waals surface area contributed by atoms with Crippen molar-refractivity contribution in [2.45, 2.75) is 6.61 Å². The van der Waals surface area contributed by atoms with Gasteiger partial charge in [0.25, 0.3) is 5.91 Å². The SMILES string of the molecule is CN(CC(=O)Nc1ccc(F)c(F)c1F)C(=O)c1ccc(OCc2ccncc2)cc1.